The summed E-state index contributed by atoms with van der Waals surface area (Å²) in [7, 11) is 1.44. The van der Waals surface area contributed by atoms with Crippen LogP contribution in [0.1, 0.15) is 105 Å². The Bertz CT molecular complexity index is 1460. The summed E-state index contributed by atoms with van der Waals surface area (Å²) in [6.07, 6.45) is 4.65. The summed E-state index contributed by atoms with van der Waals surface area (Å²) in [6.45, 7) is 11.7. The number of nitrogens with one attached hydrogen (secondary N) is 5. The number of alkyl carbamates (subject to hydrolysis) is 1. The number of hydrogen-bond donors (Lipinski definition) is 5. The molecule has 0 aromatic heterocycles. The molecule has 1 aliphatic carbocycles. The van der Waals surface area contributed by atoms with Crippen molar-refractivity contribution < 1.29 is 38.3 Å². The van der Waals surface area contributed by atoms with E-state index in [1.807, 2.05) is 13.8 Å². The van der Waals surface area contributed by atoms with Crippen LogP contribution in [0.25, 0.3) is 0 Å². The highest BCUT2D eigenvalue weighted by Crippen LogP contribution is 2.37. The number of rotatable bonds is 17. The number of likely N-dealkylation sites (tertiary alicyclic amines) is 1. The maximum absolute atomic E-state index is 14.4. The number of ether oxygens (including phenoxy) is 1. The molecule has 0 spiro atoms. The highest BCUT2D eigenvalue weighted by molar-refractivity contribution is 8.01. The second-order valence-electron chi connectivity index (χ2n) is 15.5. The molecule has 15 heteroatoms. The van der Waals surface area contributed by atoms with E-state index in [4.69, 9.17) is 4.74 Å². The molecule has 1 aromatic rings. The van der Waals surface area contributed by atoms with E-state index < -0.39 is 66.2 Å². The molecule has 5 atom stereocenters. The number of carbonyl (C=O) groups excluding carboxylic acids is 7. The Morgan fingerprint density at radius 2 is 1.61 bits per heavy atom. The van der Waals surface area contributed by atoms with Crippen molar-refractivity contribution in [3.05, 3.63) is 35.9 Å². The zero-order valence-corrected chi connectivity index (χ0v) is 33.6. The predicted molar refractivity (Wildman–Crippen MR) is 207 cm³/mol. The molecule has 2 fully saturated rings. The fourth-order valence-corrected chi connectivity index (χ4v) is 8.36. The van der Waals surface area contributed by atoms with Gasteiger partial charge in [-0.3, -0.25) is 28.8 Å². The van der Waals surface area contributed by atoms with Crippen LogP contribution >= 0.6 is 11.8 Å². The first kappa shape index (κ1) is 44.3. The summed E-state index contributed by atoms with van der Waals surface area (Å²) in [5.41, 5.74) is 0.535. The first-order valence-electron chi connectivity index (χ1n) is 19.1. The molecule has 1 heterocycles. The Balaban J connectivity index is 1.76. The van der Waals surface area contributed by atoms with Crippen molar-refractivity contribution in [1.29, 1.82) is 0 Å². The number of amides is 6. The van der Waals surface area contributed by atoms with E-state index >= 15 is 0 Å². The lowest BCUT2D eigenvalue weighted by molar-refractivity contribution is -0.143. The monoisotopic (exact) mass is 772 g/mol. The van der Waals surface area contributed by atoms with Gasteiger partial charge >= 0.3 is 6.09 Å². The minimum atomic E-state index is -1.21. The van der Waals surface area contributed by atoms with Crippen LogP contribution in [0.5, 0.6) is 0 Å². The molecule has 5 unspecified atom stereocenters. The number of likely N-dealkylation sites (N-methyl/N-ethyl adjacent to an activating group) is 1. The lowest BCUT2D eigenvalue weighted by Gasteiger charge is -2.34. The molecule has 1 aromatic carbocycles. The summed E-state index contributed by atoms with van der Waals surface area (Å²) >= 11 is 1.65. The van der Waals surface area contributed by atoms with Gasteiger partial charge in [0.15, 0.2) is 0 Å². The molecule has 0 bridgehead atoms. The van der Waals surface area contributed by atoms with Crippen molar-refractivity contribution in [1.82, 2.24) is 31.5 Å². The lowest BCUT2D eigenvalue weighted by Crippen LogP contribution is -2.58. The van der Waals surface area contributed by atoms with Crippen LogP contribution in [0.15, 0.2) is 30.3 Å². The van der Waals surface area contributed by atoms with Gasteiger partial charge in [-0.05, 0) is 43.1 Å². The fraction of sp³-hybridized carbons (Fsp3) is 0.667. The minimum Gasteiger partial charge on any atom is -0.449 e. The molecule has 1 aliphatic heterocycles. The van der Waals surface area contributed by atoms with E-state index in [2.05, 4.69) is 47.4 Å². The summed E-state index contributed by atoms with van der Waals surface area (Å²) in [5, 5.41) is 12.9. The van der Waals surface area contributed by atoms with Crippen molar-refractivity contribution in [2.75, 3.05) is 26.7 Å². The summed E-state index contributed by atoms with van der Waals surface area (Å²) < 4.78 is 5.23. The third kappa shape index (κ3) is 13.6. The summed E-state index contributed by atoms with van der Waals surface area (Å²) in [4.78, 5) is 94.7. The van der Waals surface area contributed by atoms with Gasteiger partial charge in [-0.2, -0.15) is 11.8 Å². The fourth-order valence-electron chi connectivity index (χ4n) is 6.85. The van der Waals surface area contributed by atoms with Crippen molar-refractivity contribution in [2.45, 2.75) is 127 Å². The van der Waals surface area contributed by atoms with Crippen molar-refractivity contribution in [3.63, 3.8) is 0 Å². The highest BCUT2D eigenvalue weighted by Gasteiger charge is 2.46. The van der Waals surface area contributed by atoms with E-state index in [0.29, 0.717) is 18.4 Å². The van der Waals surface area contributed by atoms with Gasteiger partial charge in [0.05, 0.1) is 19.2 Å². The van der Waals surface area contributed by atoms with E-state index in [1.165, 1.54) is 11.9 Å². The van der Waals surface area contributed by atoms with Crippen molar-refractivity contribution in [3.8, 4) is 0 Å². The quantitative estimate of drug-likeness (QED) is 0.148. The van der Waals surface area contributed by atoms with Gasteiger partial charge in [0.25, 0.3) is 5.91 Å². The second kappa shape index (κ2) is 21.1. The van der Waals surface area contributed by atoms with Crippen LogP contribution in [0.3, 0.4) is 0 Å². The molecule has 0 radical (unpaired) electrons. The van der Waals surface area contributed by atoms with Crippen LogP contribution in [-0.4, -0.2) is 101 Å². The Labute approximate surface area is 323 Å². The van der Waals surface area contributed by atoms with Crippen LogP contribution in [-0.2, 0) is 33.5 Å². The van der Waals surface area contributed by atoms with E-state index in [-0.39, 0.29) is 47.3 Å². The molecule has 6 amide bonds. The normalized spacial score (nSPS) is 19.2. The number of nitrogens with zero attached hydrogens (tertiary/aromatic N) is 1. The molecule has 14 nitrogen and oxygen atoms in total. The van der Waals surface area contributed by atoms with Crippen LogP contribution in [0.4, 0.5) is 4.79 Å². The maximum atomic E-state index is 14.4. The third-order valence-corrected chi connectivity index (χ3v) is 10.7. The molecule has 1 saturated heterocycles. The Hall–Kier alpha value is -4.14. The van der Waals surface area contributed by atoms with Gasteiger partial charge in [-0.15, -0.1) is 0 Å². The zero-order chi connectivity index (χ0) is 40.0. The molecule has 2 aliphatic rings. The molecule has 300 valence electrons. The number of ketones is 1. The van der Waals surface area contributed by atoms with Gasteiger partial charge in [-0.25, -0.2) is 4.79 Å². The van der Waals surface area contributed by atoms with Crippen LogP contribution in [0.2, 0.25) is 0 Å². The molecule has 5 N–H and O–H groups in total. The topological polar surface area (TPSA) is 192 Å². The average molecular weight is 773 g/mol. The lowest BCUT2D eigenvalue weighted by atomic mass is 9.83. The minimum absolute atomic E-state index is 0.0961. The van der Waals surface area contributed by atoms with E-state index in [1.54, 1.807) is 49.0 Å². The first-order chi connectivity index (χ1) is 25.5. The van der Waals surface area contributed by atoms with Crippen molar-refractivity contribution in [2.24, 2.45) is 11.8 Å². The molecule has 3 rings (SSSR count). The van der Waals surface area contributed by atoms with E-state index in [0.717, 1.165) is 32.1 Å². The molecular formula is C39H60N6O8S. The molecule has 54 heavy (non-hydrogen) atoms. The van der Waals surface area contributed by atoms with Gasteiger partial charge in [0, 0.05) is 23.6 Å². The smallest absolute Gasteiger partial charge is 0.407 e. The standard InChI is InChI=1S/C39H60N6O8S/c1-8-15-28(33(47)36(50)41-21-30(46)43-31(35(49)40-7)25-16-11-9-12-17-25)42-34(48)29-20-27(54-39(4,5)6)22-45(29)37(51)32(26-18-13-10-14-19-26)44-38(52)53-23-24(2)3/h9,11-12,16-17,24,26-29,31-32H,8,10,13-15,18-23H2,1-7H3,(H,40,49)(H,41,50)(H,42,48)(H,43,46)(H,44,52). The van der Waals surface area contributed by atoms with Crippen LogP contribution in [0, 0.1) is 11.8 Å². The highest BCUT2D eigenvalue weighted by atomic mass is 32.2. The summed E-state index contributed by atoms with van der Waals surface area (Å²) in [6, 6.07) is 4.52. The maximum Gasteiger partial charge on any atom is 0.407 e. The van der Waals surface area contributed by atoms with Crippen molar-refractivity contribution >= 4 is 53.2 Å². The largest absolute Gasteiger partial charge is 0.449 e. The zero-order valence-electron chi connectivity index (χ0n) is 32.8. The van der Waals surface area contributed by atoms with E-state index in [9.17, 15) is 33.6 Å². The Morgan fingerprint density at radius 3 is 2.20 bits per heavy atom. The van der Waals surface area contributed by atoms with Gasteiger partial charge in [-0.1, -0.05) is 97.6 Å². The SMILES string of the molecule is CCCC(NC(=O)C1CC(SC(C)(C)C)CN1C(=O)C(NC(=O)OCC(C)C)C1CCCCC1)C(=O)C(=O)NCC(=O)NC(C(=O)NC)c1ccccc1. The average Bonchev–Trinajstić information content (AvgIpc) is 3.56. The van der Waals surface area contributed by atoms with Gasteiger partial charge in [0.1, 0.15) is 18.1 Å². The number of Topliss-reactive ketones (excluding diaryl/α,β-unsaturated/α-hetero) is 1. The number of thioether (sulfide) groups is 1. The molecular weight excluding hydrogens is 713 g/mol. The van der Waals surface area contributed by atoms with Gasteiger partial charge < -0.3 is 36.2 Å². The Morgan fingerprint density at radius 1 is 0.944 bits per heavy atom. The molecule has 1 saturated carbocycles. The second-order valence-corrected chi connectivity index (χ2v) is 17.7. The Kier molecular flexibility index (Phi) is 17.3. The van der Waals surface area contributed by atoms with Gasteiger partial charge in [0.2, 0.25) is 29.4 Å². The number of benzene rings is 1. The van der Waals surface area contributed by atoms with Crippen LogP contribution < -0.4 is 26.6 Å². The predicted octanol–water partition coefficient (Wildman–Crippen LogP) is 3.39. The third-order valence-electron chi connectivity index (χ3n) is 9.37. The first-order valence-corrected chi connectivity index (χ1v) is 20.0. The number of carbonyl (C=O) groups is 7. The number of hydrogen-bond acceptors (Lipinski definition) is 9. The summed E-state index contributed by atoms with van der Waals surface area (Å²) in [5.74, 6) is -4.10.